The summed E-state index contributed by atoms with van der Waals surface area (Å²) >= 11 is 0. The summed E-state index contributed by atoms with van der Waals surface area (Å²) in [7, 11) is -3.88. The van der Waals surface area contributed by atoms with Gasteiger partial charge in [-0.2, -0.15) is 0 Å². The lowest BCUT2D eigenvalue weighted by atomic mass is 10.1. The second-order valence-corrected chi connectivity index (χ2v) is 9.02. The van der Waals surface area contributed by atoms with Crippen LogP contribution in [0.4, 0.5) is 21.5 Å². The zero-order valence-corrected chi connectivity index (χ0v) is 17.5. The highest BCUT2D eigenvalue weighted by Crippen LogP contribution is 2.27. The van der Waals surface area contributed by atoms with Crippen molar-refractivity contribution in [1.82, 2.24) is 0 Å². The van der Waals surface area contributed by atoms with Crippen LogP contribution in [0.15, 0.2) is 48.5 Å². The van der Waals surface area contributed by atoms with Crippen molar-refractivity contribution in [2.75, 3.05) is 33.9 Å². The first-order chi connectivity index (χ1) is 13.8. The monoisotopic (exact) mass is 419 g/mol. The molecule has 8 heteroatoms. The van der Waals surface area contributed by atoms with E-state index in [4.69, 9.17) is 0 Å². The summed E-state index contributed by atoms with van der Waals surface area (Å²) in [4.78, 5) is 15.2. The summed E-state index contributed by atoms with van der Waals surface area (Å²) in [6.45, 7) is 3.74. The van der Waals surface area contributed by atoms with E-state index in [1.54, 1.807) is 19.1 Å². The first-order valence-electron chi connectivity index (χ1n) is 9.71. The Hall–Kier alpha value is -2.61. The van der Waals surface area contributed by atoms with Crippen LogP contribution in [0.25, 0.3) is 0 Å². The predicted molar refractivity (Wildman–Crippen MR) is 114 cm³/mol. The molecule has 1 saturated heterocycles. The van der Waals surface area contributed by atoms with Gasteiger partial charge in [-0.25, -0.2) is 12.8 Å². The highest BCUT2D eigenvalue weighted by atomic mass is 32.2. The van der Waals surface area contributed by atoms with Gasteiger partial charge in [0.05, 0.1) is 11.9 Å². The third-order valence-electron chi connectivity index (χ3n) is 5.03. The number of rotatable bonds is 7. The minimum Gasteiger partial charge on any atom is -0.372 e. The van der Waals surface area contributed by atoms with Crippen molar-refractivity contribution in [2.45, 2.75) is 32.2 Å². The molecule has 1 N–H and O–H groups in total. The van der Waals surface area contributed by atoms with Crippen molar-refractivity contribution in [3.05, 3.63) is 54.3 Å². The van der Waals surface area contributed by atoms with Gasteiger partial charge >= 0.3 is 0 Å². The van der Waals surface area contributed by atoms with E-state index in [0.717, 1.165) is 29.3 Å². The lowest BCUT2D eigenvalue weighted by Crippen LogP contribution is -2.47. The Morgan fingerprint density at radius 2 is 1.76 bits per heavy atom. The Morgan fingerprint density at radius 1 is 1.14 bits per heavy atom. The summed E-state index contributed by atoms with van der Waals surface area (Å²) in [6, 6.07) is 11.9. The standard InChI is InChI=1S/C21H26FN3O3S/c1-3-19(25(29(2,27)28)20-9-5-4-8-18(20)22)21(26)23-16-10-12-17(13-11-16)24-14-6-7-15-24/h4-5,8-13,19H,3,6-7,14-15H2,1-2H3,(H,23,26). The van der Waals surface area contributed by atoms with E-state index in [1.165, 1.54) is 37.1 Å². The second kappa shape index (κ2) is 8.82. The Bertz CT molecular complexity index is 957. The summed E-state index contributed by atoms with van der Waals surface area (Å²) in [5.74, 6) is -1.20. The minimum atomic E-state index is -3.88. The largest absolute Gasteiger partial charge is 0.372 e. The number of halogens is 1. The van der Waals surface area contributed by atoms with Gasteiger partial charge in [-0.3, -0.25) is 9.10 Å². The average Bonchev–Trinajstić information content (AvgIpc) is 3.21. The summed E-state index contributed by atoms with van der Waals surface area (Å²) in [5, 5.41) is 2.77. The predicted octanol–water partition coefficient (Wildman–Crippen LogP) is 3.61. The molecule has 156 valence electrons. The van der Waals surface area contributed by atoms with Crippen molar-refractivity contribution in [1.29, 1.82) is 0 Å². The third-order valence-corrected chi connectivity index (χ3v) is 6.19. The number of nitrogens with one attached hydrogen (secondary N) is 1. The first kappa shape index (κ1) is 21.1. The van der Waals surface area contributed by atoms with E-state index in [1.807, 2.05) is 12.1 Å². The average molecular weight is 420 g/mol. The fraction of sp³-hybridized carbons (Fsp3) is 0.381. The number of para-hydroxylation sites is 1. The third kappa shape index (κ3) is 4.87. The van der Waals surface area contributed by atoms with E-state index < -0.39 is 27.8 Å². The van der Waals surface area contributed by atoms with Gasteiger partial charge in [0, 0.05) is 24.5 Å². The molecule has 0 bridgehead atoms. The maximum atomic E-state index is 14.3. The van der Waals surface area contributed by atoms with Crippen LogP contribution in [0.3, 0.4) is 0 Å². The zero-order valence-electron chi connectivity index (χ0n) is 16.6. The maximum absolute atomic E-state index is 14.3. The number of benzene rings is 2. The Morgan fingerprint density at radius 3 is 2.31 bits per heavy atom. The second-order valence-electron chi connectivity index (χ2n) is 7.16. The molecule has 1 heterocycles. The fourth-order valence-electron chi connectivity index (χ4n) is 3.62. The molecular formula is C21H26FN3O3S. The van der Waals surface area contributed by atoms with Gasteiger partial charge in [0.2, 0.25) is 15.9 Å². The molecule has 6 nitrogen and oxygen atoms in total. The SMILES string of the molecule is CCC(C(=O)Nc1ccc(N2CCCC2)cc1)N(c1ccccc1F)S(C)(=O)=O. The number of sulfonamides is 1. The van der Waals surface area contributed by atoms with E-state index in [-0.39, 0.29) is 12.1 Å². The Balaban J connectivity index is 1.82. The van der Waals surface area contributed by atoms with Crippen molar-refractivity contribution in [2.24, 2.45) is 0 Å². The smallest absolute Gasteiger partial charge is 0.248 e. The molecular weight excluding hydrogens is 393 g/mol. The van der Waals surface area contributed by atoms with Crippen LogP contribution in [0.5, 0.6) is 0 Å². The van der Waals surface area contributed by atoms with Gasteiger partial charge in [0.25, 0.3) is 0 Å². The molecule has 1 amide bonds. The Labute approximate surface area is 171 Å². The molecule has 1 fully saturated rings. The van der Waals surface area contributed by atoms with Crippen LogP contribution < -0.4 is 14.5 Å². The van der Waals surface area contributed by atoms with E-state index in [0.29, 0.717) is 5.69 Å². The van der Waals surface area contributed by atoms with Crippen molar-refractivity contribution < 1.29 is 17.6 Å². The van der Waals surface area contributed by atoms with Crippen LogP contribution in [0, 0.1) is 5.82 Å². The summed E-state index contributed by atoms with van der Waals surface area (Å²) in [6.07, 6.45) is 3.52. The number of anilines is 3. The van der Waals surface area contributed by atoms with Gasteiger partial charge in [0.1, 0.15) is 11.9 Å². The molecule has 0 saturated carbocycles. The van der Waals surface area contributed by atoms with Crippen LogP contribution >= 0.6 is 0 Å². The van der Waals surface area contributed by atoms with Crippen LogP contribution in [0.2, 0.25) is 0 Å². The molecule has 0 spiro atoms. The summed E-state index contributed by atoms with van der Waals surface area (Å²) < 4.78 is 40.0. The highest BCUT2D eigenvalue weighted by Gasteiger charge is 2.33. The van der Waals surface area contributed by atoms with Gasteiger partial charge in [-0.05, 0) is 55.7 Å². The molecule has 1 aliphatic heterocycles. The molecule has 3 rings (SSSR count). The molecule has 1 aliphatic rings. The molecule has 0 aliphatic carbocycles. The molecule has 1 atom stereocenters. The van der Waals surface area contributed by atoms with Gasteiger partial charge < -0.3 is 10.2 Å². The Kier molecular flexibility index (Phi) is 6.42. The number of carbonyl (C=O) groups is 1. The minimum absolute atomic E-state index is 0.138. The van der Waals surface area contributed by atoms with Crippen LogP contribution in [-0.4, -0.2) is 39.7 Å². The highest BCUT2D eigenvalue weighted by molar-refractivity contribution is 7.92. The van der Waals surface area contributed by atoms with Crippen LogP contribution in [0.1, 0.15) is 26.2 Å². The molecule has 1 unspecified atom stereocenters. The van der Waals surface area contributed by atoms with Crippen molar-refractivity contribution >= 4 is 33.0 Å². The lowest BCUT2D eigenvalue weighted by Gasteiger charge is -2.30. The number of carbonyl (C=O) groups excluding carboxylic acids is 1. The lowest BCUT2D eigenvalue weighted by molar-refractivity contribution is -0.117. The quantitative estimate of drug-likeness (QED) is 0.744. The van der Waals surface area contributed by atoms with Gasteiger partial charge in [-0.15, -0.1) is 0 Å². The number of hydrogen-bond donors (Lipinski definition) is 1. The maximum Gasteiger partial charge on any atom is 0.248 e. The molecule has 0 aromatic heterocycles. The number of hydrogen-bond acceptors (Lipinski definition) is 4. The molecule has 2 aromatic carbocycles. The van der Waals surface area contributed by atoms with Gasteiger partial charge in [-0.1, -0.05) is 19.1 Å². The fourth-order valence-corrected chi connectivity index (χ4v) is 4.83. The molecule has 0 radical (unpaired) electrons. The first-order valence-corrected chi connectivity index (χ1v) is 11.6. The molecule has 2 aromatic rings. The number of nitrogens with zero attached hydrogens (tertiary/aromatic N) is 2. The summed E-state index contributed by atoms with van der Waals surface area (Å²) in [5.41, 5.74) is 1.52. The van der Waals surface area contributed by atoms with E-state index in [2.05, 4.69) is 10.2 Å². The zero-order chi connectivity index (χ0) is 21.0. The number of amides is 1. The van der Waals surface area contributed by atoms with E-state index in [9.17, 15) is 17.6 Å². The van der Waals surface area contributed by atoms with Crippen LogP contribution in [-0.2, 0) is 14.8 Å². The molecule has 29 heavy (non-hydrogen) atoms. The van der Waals surface area contributed by atoms with Gasteiger partial charge in [0.15, 0.2) is 0 Å². The van der Waals surface area contributed by atoms with Crippen molar-refractivity contribution in [3.8, 4) is 0 Å². The van der Waals surface area contributed by atoms with Crippen molar-refractivity contribution in [3.63, 3.8) is 0 Å². The topological polar surface area (TPSA) is 69.7 Å². The van der Waals surface area contributed by atoms with E-state index >= 15 is 0 Å². The normalized spacial score (nSPS) is 15.2.